The molecular formula is C25H36O. The first-order valence-electron chi connectivity index (χ1n) is 9.88. The van der Waals surface area contributed by atoms with Crippen LogP contribution in [0.1, 0.15) is 77.8 Å². The zero-order valence-corrected chi connectivity index (χ0v) is 17.4. The second kappa shape index (κ2) is 12.5. The van der Waals surface area contributed by atoms with Crippen LogP contribution in [0.25, 0.3) is 0 Å². The van der Waals surface area contributed by atoms with Crippen LogP contribution in [-0.4, -0.2) is 5.78 Å². The zero-order valence-electron chi connectivity index (χ0n) is 17.4. The molecule has 0 heterocycles. The van der Waals surface area contributed by atoms with Crippen LogP contribution in [0.2, 0.25) is 0 Å². The van der Waals surface area contributed by atoms with Crippen molar-refractivity contribution in [1.82, 2.24) is 0 Å². The topological polar surface area (TPSA) is 17.1 Å². The molecule has 0 radical (unpaired) electrons. The monoisotopic (exact) mass is 352 g/mol. The third kappa shape index (κ3) is 10.9. The Morgan fingerprint density at radius 2 is 1.42 bits per heavy atom. The van der Waals surface area contributed by atoms with E-state index in [-0.39, 0.29) is 5.78 Å². The molecule has 26 heavy (non-hydrogen) atoms. The fraction of sp³-hybridized carbons (Fsp3) is 0.480. The lowest BCUT2D eigenvalue weighted by molar-refractivity contribution is -0.116. The van der Waals surface area contributed by atoms with Crippen molar-refractivity contribution >= 4 is 5.78 Å². The van der Waals surface area contributed by atoms with Gasteiger partial charge >= 0.3 is 0 Å². The van der Waals surface area contributed by atoms with Gasteiger partial charge in [0.15, 0.2) is 0 Å². The number of rotatable bonds is 11. The third-order valence-corrected chi connectivity index (χ3v) is 4.57. The minimum Gasteiger partial charge on any atom is -0.300 e. The fourth-order valence-electron chi connectivity index (χ4n) is 2.86. The van der Waals surface area contributed by atoms with E-state index in [1.165, 1.54) is 34.3 Å². The Kier molecular flexibility index (Phi) is 10.6. The van der Waals surface area contributed by atoms with Crippen LogP contribution >= 0.6 is 0 Å². The van der Waals surface area contributed by atoms with E-state index < -0.39 is 0 Å². The average molecular weight is 353 g/mol. The van der Waals surface area contributed by atoms with Crippen molar-refractivity contribution in [2.24, 2.45) is 0 Å². The van der Waals surface area contributed by atoms with Gasteiger partial charge in [-0.05, 0) is 84.3 Å². The van der Waals surface area contributed by atoms with E-state index in [0.717, 1.165) is 32.1 Å². The quantitative estimate of drug-likeness (QED) is 0.386. The Bertz CT molecular complexity index is 654. The molecule has 0 atom stereocenters. The van der Waals surface area contributed by atoms with Crippen LogP contribution in [0.5, 0.6) is 0 Å². The molecule has 0 spiro atoms. The molecule has 0 N–H and O–H groups in total. The maximum Gasteiger partial charge on any atom is 0.130 e. The van der Waals surface area contributed by atoms with Gasteiger partial charge in [0.25, 0.3) is 0 Å². The van der Waals surface area contributed by atoms with Crippen LogP contribution in [0.4, 0.5) is 0 Å². The molecule has 1 nitrogen and oxygen atoms in total. The van der Waals surface area contributed by atoms with Crippen LogP contribution in [-0.2, 0) is 17.6 Å². The van der Waals surface area contributed by atoms with Crippen LogP contribution in [0.3, 0.4) is 0 Å². The van der Waals surface area contributed by atoms with Crippen LogP contribution in [0.15, 0.2) is 59.2 Å². The molecule has 0 aliphatic rings. The molecule has 0 unspecified atom stereocenters. The Labute approximate surface area is 160 Å². The first kappa shape index (κ1) is 22.2. The summed E-state index contributed by atoms with van der Waals surface area (Å²) >= 11 is 0. The van der Waals surface area contributed by atoms with Gasteiger partial charge < -0.3 is 4.79 Å². The highest BCUT2D eigenvalue weighted by Crippen LogP contribution is 2.14. The summed E-state index contributed by atoms with van der Waals surface area (Å²) in [5.41, 5.74) is 6.94. The smallest absolute Gasteiger partial charge is 0.130 e. The van der Waals surface area contributed by atoms with Gasteiger partial charge in [-0.1, -0.05) is 59.2 Å². The molecule has 0 aromatic heterocycles. The van der Waals surface area contributed by atoms with Crippen molar-refractivity contribution in [2.45, 2.75) is 79.6 Å². The van der Waals surface area contributed by atoms with Gasteiger partial charge in [0.2, 0.25) is 0 Å². The van der Waals surface area contributed by atoms with Gasteiger partial charge in [-0.2, -0.15) is 0 Å². The van der Waals surface area contributed by atoms with Crippen LogP contribution < -0.4 is 0 Å². The van der Waals surface area contributed by atoms with Crippen molar-refractivity contribution in [3.63, 3.8) is 0 Å². The Morgan fingerprint density at radius 1 is 0.808 bits per heavy atom. The van der Waals surface area contributed by atoms with E-state index in [9.17, 15) is 4.79 Å². The lowest BCUT2D eigenvalue weighted by Crippen LogP contribution is -1.95. The molecule has 0 amide bonds. The molecule has 0 saturated carbocycles. The van der Waals surface area contributed by atoms with Gasteiger partial charge in [-0.3, -0.25) is 0 Å². The van der Waals surface area contributed by atoms with E-state index in [1.54, 1.807) is 6.92 Å². The predicted octanol–water partition coefficient (Wildman–Crippen LogP) is 7.17. The maximum absolute atomic E-state index is 11.1. The highest BCUT2D eigenvalue weighted by Gasteiger charge is 1.99. The maximum atomic E-state index is 11.1. The van der Waals surface area contributed by atoms with E-state index in [0.29, 0.717) is 6.42 Å². The molecule has 142 valence electrons. The minimum absolute atomic E-state index is 0.260. The van der Waals surface area contributed by atoms with E-state index in [4.69, 9.17) is 0 Å². The molecule has 0 aliphatic heterocycles. The Balaban J connectivity index is 2.42. The lowest BCUT2D eigenvalue weighted by Gasteiger charge is -2.04. The molecule has 1 heteroatoms. The lowest BCUT2D eigenvalue weighted by atomic mass is 10.0. The minimum atomic E-state index is 0.260. The second-order valence-corrected chi connectivity index (χ2v) is 7.69. The summed E-state index contributed by atoms with van der Waals surface area (Å²) in [6, 6.07) is 8.63. The average Bonchev–Trinajstić information content (AvgIpc) is 2.58. The zero-order chi connectivity index (χ0) is 19.4. The number of carbonyl (C=O) groups excluding carboxylic acids is 1. The summed E-state index contributed by atoms with van der Waals surface area (Å²) in [6.45, 7) is 10.4. The second-order valence-electron chi connectivity index (χ2n) is 7.69. The largest absolute Gasteiger partial charge is 0.300 e. The van der Waals surface area contributed by atoms with Crippen molar-refractivity contribution < 1.29 is 4.79 Å². The molecule has 1 aromatic carbocycles. The summed E-state index contributed by atoms with van der Waals surface area (Å²) in [5.74, 6) is 0.260. The van der Waals surface area contributed by atoms with E-state index in [1.807, 2.05) is 0 Å². The molecule has 0 saturated heterocycles. The summed E-state index contributed by atoms with van der Waals surface area (Å²) in [5, 5.41) is 0. The van der Waals surface area contributed by atoms with Gasteiger partial charge in [0, 0.05) is 6.42 Å². The number of allylic oxidation sites excluding steroid dienone is 6. The Morgan fingerprint density at radius 3 is 2.08 bits per heavy atom. The molecule has 0 aliphatic carbocycles. The van der Waals surface area contributed by atoms with Gasteiger partial charge in [-0.15, -0.1) is 0 Å². The van der Waals surface area contributed by atoms with Crippen molar-refractivity contribution in [3.05, 3.63) is 70.3 Å². The number of benzene rings is 1. The number of ketones is 1. The highest BCUT2D eigenvalue weighted by atomic mass is 16.1. The first-order chi connectivity index (χ1) is 12.4. The van der Waals surface area contributed by atoms with Crippen molar-refractivity contribution in [3.8, 4) is 0 Å². The number of aryl methyl sites for hydroxylation is 1. The van der Waals surface area contributed by atoms with Crippen LogP contribution in [0, 0.1) is 0 Å². The third-order valence-electron chi connectivity index (χ3n) is 4.57. The summed E-state index contributed by atoms with van der Waals surface area (Å²) in [6.07, 6.45) is 14.1. The fourth-order valence-corrected chi connectivity index (χ4v) is 2.86. The molecule has 1 aromatic rings. The van der Waals surface area contributed by atoms with Gasteiger partial charge in [0.05, 0.1) is 0 Å². The normalized spacial score (nSPS) is 12.2. The number of Topliss-reactive ketones (excluding diaryl/α,β-unsaturated/α-hetero) is 1. The van der Waals surface area contributed by atoms with Crippen molar-refractivity contribution in [1.29, 1.82) is 0 Å². The summed E-state index contributed by atoms with van der Waals surface area (Å²) < 4.78 is 0. The summed E-state index contributed by atoms with van der Waals surface area (Å²) in [7, 11) is 0. The number of hydrogen-bond acceptors (Lipinski definition) is 1. The van der Waals surface area contributed by atoms with Gasteiger partial charge in [0.1, 0.15) is 5.78 Å². The SMILES string of the molecule is CC(=O)CCc1cccc(C/C=C(\C)CC/C=C(\C)CCC=C(C)C)c1. The summed E-state index contributed by atoms with van der Waals surface area (Å²) in [4.78, 5) is 11.1. The first-order valence-corrected chi connectivity index (χ1v) is 9.88. The molecular weight excluding hydrogens is 316 g/mol. The highest BCUT2D eigenvalue weighted by molar-refractivity contribution is 5.75. The molecule has 0 fully saturated rings. The van der Waals surface area contributed by atoms with E-state index in [2.05, 4.69) is 70.2 Å². The molecule has 1 rings (SSSR count). The standard InChI is InChI=1S/C25H36O/c1-20(2)9-6-10-21(3)11-7-12-22(4)15-17-24-13-8-14-25(19-24)18-16-23(5)26/h8-9,11,13-15,19H,6-7,10,12,16-18H2,1-5H3/b21-11+,22-15+. The number of carbonyl (C=O) groups is 1. The molecule has 0 bridgehead atoms. The van der Waals surface area contributed by atoms with Gasteiger partial charge in [-0.25, -0.2) is 0 Å². The van der Waals surface area contributed by atoms with E-state index >= 15 is 0 Å². The van der Waals surface area contributed by atoms with Crippen molar-refractivity contribution in [2.75, 3.05) is 0 Å². The number of hydrogen-bond donors (Lipinski definition) is 0. The predicted molar refractivity (Wildman–Crippen MR) is 115 cm³/mol. The Hall–Kier alpha value is -1.89.